The molecule has 1 aromatic rings. The fraction of sp³-hybridized carbons (Fsp3) is 0.588. The van der Waals surface area contributed by atoms with E-state index in [4.69, 9.17) is 4.74 Å². The molecule has 0 bridgehead atoms. The Bertz CT molecular complexity index is 625. The Morgan fingerprint density at radius 1 is 1.32 bits per heavy atom. The van der Waals surface area contributed by atoms with Crippen LogP contribution in [0.4, 0.5) is 11.4 Å². The smallest absolute Gasteiger partial charge is 0.292 e. The van der Waals surface area contributed by atoms with Gasteiger partial charge in [-0.25, -0.2) is 0 Å². The van der Waals surface area contributed by atoms with Gasteiger partial charge in [0.15, 0.2) is 0 Å². The minimum absolute atomic E-state index is 0.0888. The Balaban J connectivity index is 1.55. The number of nitro benzene ring substituents is 1. The van der Waals surface area contributed by atoms with Gasteiger partial charge in [-0.3, -0.25) is 24.7 Å². The number of rotatable bonds is 5. The Morgan fingerprint density at radius 3 is 2.68 bits per heavy atom. The fourth-order valence-corrected chi connectivity index (χ4v) is 3.44. The molecule has 2 atom stereocenters. The number of benzene rings is 1. The summed E-state index contributed by atoms with van der Waals surface area (Å²) in [5.41, 5.74) is 0.153. The molecule has 0 spiro atoms. The molecule has 2 aliphatic rings. The molecule has 2 heterocycles. The molecule has 1 N–H and O–H groups in total. The van der Waals surface area contributed by atoms with E-state index in [1.807, 2.05) is 6.92 Å². The molecule has 0 unspecified atom stereocenters. The van der Waals surface area contributed by atoms with Gasteiger partial charge in [0, 0.05) is 44.9 Å². The quantitative estimate of drug-likeness (QED) is 0.638. The van der Waals surface area contributed by atoms with Crippen molar-refractivity contribution in [1.29, 1.82) is 0 Å². The molecule has 0 radical (unpaired) electrons. The number of hydrogen-bond acceptors (Lipinski definition) is 6. The number of nitrogens with one attached hydrogen (secondary N) is 1. The van der Waals surface area contributed by atoms with Crippen molar-refractivity contribution in [1.82, 2.24) is 9.80 Å². The van der Waals surface area contributed by atoms with Gasteiger partial charge in [0.2, 0.25) is 5.91 Å². The van der Waals surface area contributed by atoms with Gasteiger partial charge in [-0.15, -0.1) is 0 Å². The first-order chi connectivity index (χ1) is 12.1. The van der Waals surface area contributed by atoms with Crippen LogP contribution in [0.15, 0.2) is 24.3 Å². The summed E-state index contributed by atoms with van der Waals surface area (Å²) in [6.45, 7) is 6.92. The highest BCUT2D eigenvalue weighted by Crippen LogP contribution is 2.24. The van der Waals surface area contributed by atoms with Gasteiger partial charge >= 0.3 is 0 Å². The number of amides is 1. The van der Waals surface area contributed by atoms with Crippen LogP contribution in [-0.4, -0.2) is 72.1 Å². The fourth-order valence-electron chi connectivity index (χ4n) is 3.44. The molecule has 1 aromatic carbocycles. The van der Waals surface area contributed by atoms with E-state index in [2.05, 4.69) is 15.1 Å². The van der Waals surface area contributed by atoms with Crippen molar-refractivity contribution in [3.05, 3.63) is 34.4 Å². The summed E-state index contributed by atoms with van der Waals surface area (Å²) >= 11 is 0. The Kier molecular flexibility index (Phi) is 5.62. The first-order valence-electron chi connectivity index (χ1n) is 8.66. The van der Waals surface area contributed by atoms with Crippen LogP contribution in [0.1, 0.15) is 13.3 Å². The molecule has 1 amide bonds. The third-order valence-electron chi connectivity index (χ3n) is 5.06. The number of piperazine rings is 1. The summed E-state index contributed by atoms with van der Waals surface area (Å²) in [5, 5.41) is 13.8. The maximum atomic E-state index is 12.5. The number of anilines is 1. The average Bonchev–Trinajstić information content (AvgIpc) is 3.16. The number of hydrogen-bond donors (Lipinski definition) is 1. The second kappa shape index (κ2) is 7.90. The van der Waals surface area contributed by atoms with Crippen LogP contribution in [0.5, 0.6) is 0 Å². The van der Waals surface area contributed by atoms with Crippen LogP contribution < -0.4 is 5.32 Å². The van der Waals surface area contributed by atoms with E-state index in [1.54, 1.807) is 18.2 Å². The number of nitrogens with zero attached hydrogens (tertiary/aromatic N) is 3. The lowest BCUT2D eigenvalue weighted by Gasteiger charge is -2.39. The second-order valence-corrected chi connectivity index (χ2v) is 6.53. The summed E-state index contributed by atoms with van der Waals surface area (Å²) in [7, 11) is 0. The largest absolute Gasteiger partial charge is 0.380 e. The van der Waals surface area contributed by atoms with Crippen molar-refractivity contribution in [2.75, 3.05) is 44.7 Å². The summed E-state index contributed by atoms with van der Waals surface area (Å²) < 4.78 is 5.45. The summed E-state index contributed by atoms with van der Waals surface area (Å²) in [6, 6.07) is 6.38. The van der Waals surface area contributed by atoms with E-state index >= 15 is 0 Å². The molecule has 8 heteroatoms. The maximum absolute atomic E-state index is 12.5. The topological polar surface area (TPSA) is 87.9 Å². The lowest BCUT2D eigenvalue weighted by atomic mass is 10.1. The number of ether oxygens (including phenoxy) is 1. The van der Waals surface area contributed by atoms with E-state index in [0.29, 0.717) is 6.04 Å². The molecule has 2 fully saturated rings. The van der Waals surface area contributed by atoms with Crippen LogP contribution in [-0.2, 0) is 9.53 Å². The van der Waals surface area contributed by atoms with Gasteiger partial charge in [0.25, 0.3) is 5.69 Å². The number of para-hydroxylation sites is 2. The molecule has 0 aromatic heterocycles. The minimum atomic E-state index is -0.483. The molecule has 25 heavy (non-hydrogen) atoms. The van der Waals surface area contributed by atoms with E-state index in [9.17, 15) is 14.9 Å². The zero-order valence-corrected chi connectivity index (χ0v) is 14.4. The zero-order chi connectivity index (χ0) is 17.8. The molecule has 2 saturated heterocycles. The van der Waals surface area contributed by atoms with Crippen molar-refractivity contribution in [3.8, 4) is 0 Å². The molecular formula is C17H24N4O4. The highest BCUT2D eigenvalue weighted by Gasteiger charge is 2.30. The number of nitro groups is 1. The van der Waals surface area contributed by atoms with Gasteiger partial charge in [0.05, 0.1) is 17.6 Å². The van der Waals surface area contributed by atoms with E-state index in [-0.39, 0.29) is 23.3 Å². The van der Waals surface area contributed by atoms with Crippen molar-refractivity contribution in [2.24, 2.45) is 0 Å². The van der Waals surface area contributed by atoms with Gasteiger partial charge in [0.1, 0.15) is 5.69 Å². The van der Waals surface area contributed by atoms with Crippen LogP contribution in [0.25, 0.3) is 0 Å². The van der Waals surface area contributed by atoms with E-state index in [1.165, 1.54) is 6.07 Å². The predicted octanol–water partition coefficient (Wildman–Crippen LogP) is 1.33. The summed E-state index contributed by atoms with van der Waals surface area (Å²) in [5.74, 6) is -0.216. The standard InChI is InChI=1S/C17H24N4O4/c1-13(17(22)18-15-4-2-3-5-16(15)21(23)24)19-7-9-20(10-8-19)14-6-11-25-12-14/h2-5,13-14H,6-12H2,1H3,(H,18,22)/t13-,14-/m0/s1. The lowest BCUT2D eigenvalue weighted by molar-refractivity contribution is -0.383. The Labute approximate surface area is 146 Å². The van der Waals surface area contributed by atoms with E-state index in [0.717, 1.165) is 45.8 Å². The molecular weight excluding hydrogens is 324 g/mol. The van der Waals surface area contributed by atoms with Crippen LogP contribution in [0, 0.1) is 10.1 Å². The molecule has 3 rings (SSSR count). The predicted molar refractivity (Wildman–Crippen MR) is 93.6 cm³/mol. The minimum Gasteiger partial charge on any atom is -0.380 e. The van der Waals surface area contributed by atoms with Crippen molar-refractivity contribution >= 4 is 17.3 Å². The van der Waals surface area contributed by atoms with Crippen LogP contribution in [0.2, 0.25) is 0 Å². The van der Waals surface area contributed by atoms with Crippen LogP contribution in [0.3, 0.4) is 0 Å². The van der Waals surface area contributed by atoms with Crippen LogP contribution >= 0.6 is 0 Å². The van der Waals surface area contributed by atoms with Gasteiger partial charge in [-0.2, -0.15) is 0 Å². The van der Waals surface area contributed by atoms with Crippen molar-refractivity contribution < 1.29 is 14.5 Å². The monoisotopic (exact) mass is 348 g/mol. The molecule has 8 nitrogen and oxygen atoms in total. The average molecular weight is 348 g/mol. The van der Waals surface area contributed by atoms with E-state index < -0.39 is 4.92 Å². The van der Waals surface area contributed by atoms with Crippen molar-refractivity contribution in [2.45, 2.75) is 25.4 Å². The third-order valence-corrected chi connectivity index (χ3v) is 5.06. The third kappa shape index (κ3) is 4.15. The highest BCUT2D eigenvalue weighted by atomic mass is 16.6. The van der Waals surface area contributed by atoms with Gasteiger partial charge < -0.3 is 10.1 Å². The van der Waals surface area contributed by atoms with Gasteiger partial charge in [-0.1, -0.05) is 12.1 Å². The van der Waals surface area contributed by atoms with Crippen molar-refractivity contribution in [3.63, 3.8) is 0 Å². The molecule has 2 aliphatic heterocycles. The lowest BCUT2D eigenvalue weighted by Crippen LogP contribution is -2.55. The first-order valence-corrected chi connectivity index (χ1v) is 8.66. The molecule has 136 valence electrons. The molecule has 0 aliphatic carbocycles. The molecule has 0 saturated carbocycles. The Hall–Kier alpha value is -2.03. The summed E-state index contributed by atoms with van der Waals surface area (Å²) in [6.07, 6.45) is 1.08. The number of carbonyl (C=O) groups is 1. The highest BCUT2D eigenvalue weighted by molar-refractivity contribution is 5.96. The maximum Gasteiger partial charge on any atom is 0.292 e. The first kappa shape index (κ1) is 17.8. The SMILES string of the molecule is C[C@@H](C(=O)Nc1ccccc1[N+](=O)[O-])N1CCN([C@H]2CCOC2)CC1. The number of carbonyl (C=O) groups excluding carboxylic acids is 1. The zero-order valence-electron chi connectivity index (χ0n) is 14.4. The normalized spacial score (nSPS) is 23.3. The Morgan fingerprint density at radius 2 is 2.04 bits per heavy atom. The second-order valence-electron chi connectivity index (χ2n) is 6.53. The van der Waals surface area contributed by atoms with Gasteiger partial charge in [-0.05, 0) is 19.4 Å². The summed E-state index contributed by atoms with van der Waals surface area (Å²) in [4.78, 5) is 27.6.